The van der Waals surface area contributed by atoms with Gasteiger partial charge in [-0.15, -0.1) is 0 Å². The Labute approximate surface area is 116 Å². The summed E-state index contributed by atoms with van der Waals surface area (Å²) in [7, 11) is 0. The van der Waals surface area contributed by atoms with Gasteiger partial charge < -0.3 is 15.4 Å². The van der Waals surface area contributed by atoms with E-state index in [-0.39, 0.29) is 19.0 Å². The van der Waals surface area contributed by atoms with Crippen LogP contribution >= 0.6 is 0 Å². The van der Waals surface area contributed by atoms with Crippen molar-refractivity contribution in [2.24, 2.45) is 5.73 Å². The lowest BCUT2D eigenvalue weighted by molar-refractivity contribution is -0.141. The molecule has 7 heteroatoms. The summed E-state index contributed by atoms with van der Waals surface area (Å²) in [6.07, 6.45) is -4.48. The van der Waals surface area contributed by atoms with Gasteiger partial charge >= 0.3 is 6.18 Å². The number of nitrogens with two attached hydrogens (primary N) is 1. The quantitative estimate of drug-likeness (QED) is 0.837. The Balaban J connectivity index is 2.76. The maximum absolute atomic E-state index is 12.6. The van der Waals surface area contributed by atoms with Crippen LogP contribution in [0.3, 0.4) is 0 Å². The van der Waals surface area contributed by atoms with Crippen LogP contribution in [-0.4, -0.2) is 36.1 Å². The van der Waals surface area contributed by atoms with Crippen LogP contribution in [0.15, 0.2) is 12.1 Å². The molecule has 0 aromatic carbocycles. The number of likely N-dealkylation sites (N-methyl/N-ethyl adjacent to an activating group) is 1. The van der Waals surface area contributed by atoms with Crippen molar-refractivity contribution in [1.29, 1.82) is 0 Å². The van der Waals surface area contributed by atoms with E-state index in [1.807, 2.05) is 13.8 Å². The highest BCUT2D eigenvalue weighted by molar-refractivity contribution is 5.29. The molecule has 1 aromatic rings. The summed E-state index contributed by atoms with van der Waals surface area (Å²) in [5.41, 5.74) is 4.99. The van der Waals surface area contributed by atoms with E-state index in [0.29, 0.717) is 12.1 Å². The smallest absolute Gasteiger partial charge is 0.433 e. The van der Waals surface area contributed by atoms with Crippen molar-refractivity contribution in [3.63, 3.8) is 0 Å². The van der Waals surface area contributed by atoms with Gasteiger partial charge in [-0.05, 0) is 19.2 Å². The lowest BCUT2D eigenvalue weighted by Gasteiger charge is -2.18. The van der Waals surface area contributed by atoms with Gasteiger partial charge in [-0.25, -0.2) is 4.98 Å². The summed E-state index contributed by atoms with van der Waals surface area (Å²) in [5.74, 6) is -0.0329. The van der Waals surface area contributed by atoms with Crippen molar-refractivity contribution in [2.45, 2.75) is 26.6 Å². The molecule has 1 heterocycles. The molecule has 0 radical (unpaired) electrons. The Bertz CT molecular complexity index is 420. The molecule has 0 saturated carbocycles. The van der Waals surface area contributed by atoms with Crippen LogP contribution in [0.5, 0.6) is 5.88 Å². The number of ether oxygens (including phenoxy) is 1. The Kier molecular flexibility index (Phi) is 6.22. The van der Waals surface area contributed by atoms with Gasteiger partial charge in [-0.3, -0.25) is 0 Å². The standard InChI is InChI=1S/C13H20F3N3O/c1-3-19(4-2)7-8-20-12-10(9-17)5-6-11(18-12)13(14,15)16/h5-6H,3-4,7-9,17H2,1-2H3. The van der Waals surface area contributed by atoms with Crippen molar-refractivity contribution in [1.82, 2.24) is 9.88 Å². The fourth-order valence-electron chi connectivity index (χ4n) is 1.72. The minimum absolute atomic E-state index is 0.0329. The second kappa shape index (κ2) is 7.44. The zero-order valence-electron chi connectivity index (χ0n) is 11.7. The maximum atomic E-state index is 12.6. The van der Waals surface area contributed by atoms with Gasteiger partial charge in [0.15, 0.2) is 0 Å². The maximum Gasteiger partial charge on any atom is 0.433 e. The second-order valence-corrected chi connectivity index (χ2v) is 4.24. The number of aromatic nitrogens is 1. The molecule has 20 heavy (non-hydrogen) atoms. The first kappa shape index (κ1) is 16.7. The van der Waals surface area contributed by atoms with Gasteiger partial charge in [-0.1, -0.05) is 19.9 Å². The van der Waals surface area contributed by atoms with E-state index < -0.39 is 11.9 Å². The molecular weight excluding hydrogens is 271 g/mol. The van der Waals surface area contributed by atoms with Crippen molar-refractivity contribution < 1.29 is 17.9 Å². The average Bonchev–Trinajstić information content (AvgIpc) is 2.42. The fourth-order valence-corrected chi connectivity index (χ4v) is 1.72. The van der Waals surface area contributed by atoms with Crippen molar-refractivity contribution >= 4 is 0 Å². The van der Waals surface area contributed by atoms with Crippen molar-refractivity contribution in [2.75, 3.05) is 26.2 Å². The summed E-state index contributed by atoms with van der Waals surface area (Å²) in [6, 6.07) is 2.22. The van der Waals surface area contributed by atoms with Gasteiger partial charge in [-0.2, -0.15) is 13.2 Å². The zero-order chi connectivity index (χ0) is 15.2. The average molecular weight is 291 g/mol. The SMILES string of the molecule is CCN(CC)CCOc1nc(C(F)(F)F)ccc1CN. The molecule has 114 valence electrons. The number of nitrogens with zero attached hydrogens (tertiary/aromatic N) is 2. The van der Waals surface area contributed by atoms with E-state index in [4.69, 9.17) is 10.5 Å². The Morgan fingerprint density at radius 3 is 2.40 bits per heavy atom. The largest absolute Gasteiger partial charge is 0.476 e. The molecule has 0 fully saturated rings. The van der Waals surface area contributed by atoms with Gasteiger partial charge in [0.2, 0.25) is 5.88 Å². The second-order valence-electron chi connectivity index (χ2n) is 4.24. The van der Waals surface area contributed by atoms with Crippen LogP contribution in [0.4, 0.5) is 13.2 Å². The topological polar surface area (TPSA) is 51.4 Å². The highest BCUT2D eigenvalue weighted by atomic mass is 19.4. The van der Waals surface area contributed by atoms with E-state index in [1.165, 1.54) is 6.07 Å². The molecule has 0 bridgehead atoms. The van der Waals surface area contributed by atoms with Crippen molar-refractivity contribution in [3.8, 4) is 5.88 Å². The monoisotopic (exact) mass is 291 g/mol. The van der Waals surface area contributed by atoms with Crippen molar-refractivity contribution in [3.05, 3.63) is 23.4 Å². The van der Waals surface area contributed by atoms with E-state index in [1.54, 1.807) is 0 Å². The summed E-state index contributed by atoms with van der Waals surface area (Å²) < 4.78 is 43.2. The molecular formula is C13H20F3N3O. The van der Waals surface area contributed by atoms with Gasteiger partial charge in [0.25, 0.3) is 0 Å². The third kappa shape index (κ3) is 4.64. The minimum Gasteiger partial charge on any atom is -0.476 e. The highest BCUT2D eigenvalue weighted by Gasteiger charge is 2.33. The number of rotatable bonds is 7. The Morgan fingerprint density at radius 2 is 1.90 bits per heavy atom. The molecule has 4 nitrogen and oxygen atoms in total. The summed E-state index contributed by atoms with van der Waals surface area (Å²) >= 11 is 0. The first-order valence-electron chi connectivity index (χ1n) is 6.54. The molecule has 0 saturated heterocycles. The lowest BCUT2D eigenvalue weighted by Crippen LogP contribution is -2.28. The molecule has 0 unspecified atom stereocenters. The van der Waals surface area contributed by atoms with Crippen LogP contribution < -0.4 is 10.5 Å². The Morgan fingerprint density at radius 1 is 1.25 bits per heavy atom. The summed E-state index contributed by atoms with van der Waals surface area (Å²) in [6.45, 7) is 6.75. The van der Waals surface area contributed by atoms with E-state index in [9.17, 15) is 13.2 Å². The molecule has 0 aliphatic carbocycles. The van der Waals surface area contributed by atoms with E-state index in [2.05, 4.69) is 9.88 Å². The molecule has 0 spiro atoms. The predicted octanol–water partition coefficient (Wildman–Crippen LogP) is 2.28. The van der Waals surface area contributed by atoms with Gasteiger partial charge in [0.05, 0.1) is 0 Å². The van der Waals surface area contributed by atoms with Gasteiger partial charge in [0, 0.05) is 18.7 Å². The number of alkyl halides is 3. The van der Waals surface area contributed by atoms with Gasteiger partial charge in [0.1, 0.15) is 12.3 Å². The molecule has 0 aliphatic heterocycles. The number of hydrogen-bond acceptors (Lipinski definition) is 4. The first-order chi connectivity index (χ1) is 9.42. The van der Waals surface area contributed by atoms with Crippen LogP contribution in [0.2, 0.25) is 0 Å². The molecule has 0 atom stereocenters. The third-order valence-corrected chi connectivity index (χ3v) is 2.99. The molecule has 1 aromatic heterocycles. The van der Waals surface area contributed by atoms with Crippen LogP contribution in [0.25, 0.3) is 0 Å². The van der Waals surface area contributed by atoms with Crippen LogP contribution in [0, 0.1) is 0 Å². The fraction of sp³-hybridized carbons (Fsp3) is 0.615. The number of halogens is 3. The third-order valence-electron chi connectivity index (χ3n) is 2.99. The normalized spacial score (nSPS) is 11.9. The zero-order valence-corrected chi connectivity index (χ0v) is 11.7. The van der Waals surface area contributed by atoms with Crippen LogP contribution in [-0.2, 0) is 12.7 Å². The number of pyridine rings is 1. The molecule has 1 rings (SSSR count). The predicted molar refractivity (Wildman–Crippen MR) is 70.4 cm³/mol. The minimum atomic E-state index is -4.48. The summed E-state index contributed by atoms with van der Waals surface area (Å²) in [4.78, 5) is 5.62. The molecule has 0 amide bonds. The molecule has 0 aliphatic rings. The summed E-state index contributed by atoms with van der Waals surface area (Å²) in [5, 5.41) is 0. The van der Waals surface area contributed by atoms with E-state index >= 15 is 0 Å². The first-order valence-corrected chi connectivity index (χ1v) is 6.54. The Hall–Kier alpha value is -1.34. The number of hydrogen-bond donors (Lipinski definition) is 1. The lowest BCUT2D eigenvalue weighted by atomic mass is 10.2. The molecule has 2 N–H and O–H groups in total. The van der Waals surface area contributed by atoms with E-state index in [0.717, 1.165) is 19.2 Å². The highest BCUT2D eigenvalue weighted by Crippen LogP contribution is 2.30. The van der Waals surface area contributed by atoms with Crippen LogP contribution in [0.1, 0.15) is 25.1 Å².